The number of aromatic nitrogens is 2. The van der Waals surface area contributed by atoms with Crippen molar-refractivity contribution in [2.24, 2.45) is 0 Å². The molecule has 3 aromatic rings. The largest absolute Gasteiger partial charge is 0.497 e. The van der Waals surface area contributed by atoms with Gasteiger partial charge in [0.05, 0.1) is 18.1 Å². The molecule has 1 heterocycles. The number of methoxy groups -OCH3 is 1. The minimum Gasteiger partial charge on any atom is -0.497 e. The maximum Gasteiger partial charge on any atom is 0.251 e. The van der Waals surface area contributed by atoms with Crippen LogP contribution in [0.4, 0.5) is 0 Å². The van der Waals surface area contributed by atoms with Crippen LogP contribution in [0.5, 0.6) is 5.75 Å². The number of unbranched alkanes of at least 4 members (excludes halogenated alkanes) is 6. The molecule has 0 aliphatic carbocycles. The molecule has 1 aromatic heterocycles. The van der Waals surface area contributed by atoms with Gasteiger partial charge in [0, 0.05) is 25.1 Å². The van der Waals surface area contributed by atoms with Crippen molar-refractivity contribution in [3.63, 3.8) is 0 Å². The van der Waals surface area contributed by atoms with Gasteiger partial charge in [0.25, 0.3) is 5.91 Å². The molecule has 31 heavy (non-hydrogen) atoms. The molecule has 2 aromatic carbocycles. The zero-order chi connectivity index (χ0) is 21.9. The first-order chi connectivity index (χ1) is 15.2. The van der Waals surface area contributed by atoms with Crippen LogP contribution in [-0.2, 0) is 13.0 Å². The molecular formula is C26H35N3O2. The lowest BCUT2D eigenvalue weighted by Crippen LogP contribution is -2.26. The van der Waals surface area contributed by atoms with Crippen LogP contribution >= 0.6 is 0 Å². The lowest BCUT2D eigenvalue weighted by Gasteiger charge is -2.10. The van der Waals surface area contributed by atoms with Crippen molar-refractivity contribution in [2.75, 3.05) is 13.7 Å². The number of fused-ring (bicyclic) bond motifs is 1. The first-order valence-corrected chi connectivity index (χ1v) is 11.6. The first-order valence-electron chi connectivity index (χ1n) is 11.6. The Hall–Kier alpha value is -2.82. The van der Waals surface area contributed by atoms with Gasteiger partial charge in [0.15, 0.2) is 0 Å². The summed E-state index contributed by atoms with van der Waals surface area (Å²) in [5, 5.41) is 3.02. The summed E-state index contributed by atoms with van der Waals surface area (Å²) in [5.41, 5.74) is 2.82. The number of amides is 1. The molecule has 0 saturated carbocycles. The molecule has 3 rings (SSSR count). The maximum absolute atomic E-state index is 12.5. The monoisotopic (exact) mass is 421 g/mol. The van der Waals surface area contributed by atoms with E-state index < -0.39 is 0 Å². The number of para-hydroxylation sites is 2. The summed E-state index contributed by atoms with van der Waals surface area (Å²) in [6.07, 6.45) is 9.75. The van der Waals surface area contributed by atoms with Gasteiger partial charge < -0.3 is 14.6 Å². The fraction of sp³-hybridized carbons (Fsp3) is 0.462. The lowest BCUT2D eigenvalue weighted by molar-refractivity contribution is 0.0953. The van der Waals surface area contributed by atoms with Gasteiger partial charge in [-0.25, -0.2) is 4.98 Å². The highest BCUT2D eigenvalue weighted by atomic mass is 16.5. The Morgan fingerprint density at radius 1 is 1.00 bits per heavy atom. The topological polar surface area (TPSA) is 56.2 Å². The van der Waals surface area contributed by atoms with Crippen LogP contribution < -0.4 is 10.1 Å². The Morgan fingerprint density at radius 2 is 1.77 bits per heavy atom. The first kappa shape index (κ1) is 22.9. The second-order valence-corrected chi connectivity index (χ2v) is 8.03. The van der Waals surface area contributed by atoms with E-state index in [0.717, 1.165) is 24.3 Å². The number of nitrogens with zero attached hydrogens (tertiary/aromatic N) is 2. The summed E-state index contributed by atoms with van der Waals surface area (Å²) in [5.74, 6) is 1.64. The average molecular weight is 422 g/mol. The predicted molar refractivity (Wildman–Crippen MR) is 127 cm³/mol. The van der Waals surface area contributed by atoms with E-state index in [4.69, 9.17) is 9.72 Å². The molecule has 5 nitrogen and oxygen atoms in total. The number of hydrogen-bond donors (Lipinski definition) is 1. The van der Waals surface area contributed by atoms with Gasteiger partial charge in [-0.15, -0.1) is 0 Å². The summed E-state index contributed by atoms with van der Waals surface area (Å²) in [6.45, 7) is 3.79. The third kappa shape index (κ3) is 6.58. The molecule has 1 amide bonds. The van der Waals surface area contributed by atoms with E-state index in [9.17, 15) is 4.79 Å². The molecular weight excluding hydrogens is 386 g/mol. The van der Waals surface area contributed by atoms with E-state index in [2.05, 4.69) is 35.0 Å². The number of hydrogen-bond acceptors (Lipinski definition) is 3. The Labute approximate surface area is 185 Å². The fourth-order valence-corrected chi connectivity index (χ4v) is 3.95. The second kappa shape index (κ2) is 12.1. The molecule has 0 atom stereocenters. The number of ether oxygens (including phenoxy) is 1. The quantitative estimate of drug-likeness (QED) is 0.357. The van der Waals surface area contributed by atoms with Crippen molar-refractivity contribution in [1.29, 1.82) is 0 Å². The third-order valence-corrected chi connectivity index (χ3v) is 5.68. The van der Waals surface area contributed by atoms with Crippen LogP contribution in [0.15, 0.2) is 48.5 Å². The van der Waals surface area contributed by atoms with Crippen molar-refractivity contribution in [2.45, 2.75) is 64.8 Å². The Morgan fingerprint density at radius 3 is 2.58 bits per heavy atom. The number of imidazole rings is 1. The molecule has 0 radical (unpaired) electrons. The van der Waals surface area contributed by atoms with E-state index in [-0.39, 0.29) is 5.91 Å². The minimum absolute atomic E-state index is 0.0892. The number of carbonyl (C=O) groups excluding carboxylic acids is 1. The number of rotatable bonds is 13. The van der Waals surface area contributed by atoms with Crippen LogP contribution in [-0.4, -0.2) is 29.1 Å². The number of benzene rings is 2. The van der Waals surface area contributed by atoms with Gasteiger partial charge in [-0.05, 0) is 36.8 Å². The van der Waals surface area contributed by atoms with Gasteiger partial charge in [-0.3, -0.25) is 4.79 Å². The highest BCUT2D eigenvalue weighted by molar-refractivity contribution is 5.94. The molecule has 0 aliphatic rings. The fourth-order valence-electron chi connectivity index (χ4n) is 3.95. The number of aryl methyl sites for hydroxylation is 1. The third-order valence-electron chi connectivity index (χ3n) is 5.68. The van der Waals surface area contributed by atoms with Gasteiger partial charge in [0.1, 0.15) is 11.6 Å². The van der Waals surface area contributed by atoms with E-state index in [1.165, 1.54) is 44.0 Å². The van der Waals surface area contributed by atoms with E-state index in [1.807, 2.05) is 18.2 Å². The molecule has 5 heteroatoms. The standard InChI is InChI=1S/C26H35N3O2/c1-3-4-5-6-7-8-11-19-29-24-16-10-9-15-23(24)28-25(29)17-18-27-26(30)21-13-12-14-22(20-21)31-2/h9-10,12-16,20H,3-8,11,17-19H2,1-2H3,(H,27,30). The maximum atomic E-state index is 12.5. The normalized spacial score (nSPS) is 11.0. The molecule has 0 spiro atoms. The molecule has 1 N–H and O–H groups in total. The summed E-state index contributed by atoms with van der Waals surface area (Å²) in [7, 11) is 1.60. The average Bonchev–Trinajstić information content (AvgIpc) is 3.15. The number of nitrogens with one attached hydrogen (secondary N) is 1. The van der Waals surface area contributed by atoms with Crippen LogP contribution in [0.2, 0.25) is 0 Å². The molecule has 0 bridgehead atoms. The van der Waals surface area contributed by atoms with Crippen molar-refractivity contribution >= 4 is 16.9 Å². The van der Waals surface area contributed by atoms with Crippen molar-refractivity contribution < 1.29 is 9.53 Å². The molecule has 0 aliphatic heterocycles. The van der Waals surface area contributed by atoms with E-state index in [0.29, 0.717) is 24.3 Å². The molecule has 0 fully saturated rings. The van der Waals surface area contributed by atoms with Gasteiger partial charge in [0.2, 0.25) is 0 Å². The van der Waals surface area contributed by atoms with Gasteiger partial charge >= 0.3 is 0 Å². The smallest absolute Gasteiger partial charge is 0.251 e. The molecule has 0 saturated heterocycles. The summed E-state index contributed by atoms with van der Waals surface area (Å²) in [6, 6.07) is 15.5. The SMILES string of the molecule is CCCCCCCCCn1c(CCNC(=O)c2cccc(OC)c2)nc2ccccc21. The van der Waals surface area contributed by atoms with Crippen molar-refractivity contribution in [1.82, 2.24) is 14.9 Å². The van der Waals surface area contributed by atoms with Crippen LogP contribution in [0, 0.1) is 0 Å². The zero-order valence-corrected chi connectivity index (χ0v) is 18.9. The van der Waals surface area contributed by atoms with Gasteiger partial charge in [-0.2, -0.15) is 0 Å². The lowest BCUT2D eigenvalue weighted by atomic mass is 10.1. The predicted octanol–water partition coefficient (Wildman–Crippen LogP) is 5.77. The summed E-state index contributed by atoms with van der Waals surface area (Å²) >= 11 is 0. The highest BCUT2D eigenvalue weighted by Crippen LogP contribution is 2.18. The van der Waals surface area contributed by atoms with Crippen LogP contribution in [0.1, 0.15) is 68.1 Å². The van der Waals surface area contributed by atoms with E-state index >= 15 is 0 Å². The van der Waals surface area contributed by atoms with Crippen LogP contribution in [0.3, 0.4) is 0 Å². The highest BCUT2D eigenvalue weighted by Gasteiger charge is 2.11. The van der Waals surface area contributed by atoms with Crippen molar-refractivity contribution in [3.8, 4) is 5.75 Å². The summed E-state index contributed by atoms with van der Waals surface area (Å²) < 4.78 is 7.54. The second-order valence-electron chi connectivity index (χ2n) is 8.03. The Kier molecular flexibility index (Phi) is 8.95. The number of carbonyl (C=O) groups is 1. The minimum atomic E-state index is -0.0892. The Balaban J connectivity index is 1.56. The molecule has 0 unspecified atom stereocenters. The van der Waals surface area contributed by atoms with Crippen molar-refractivity contribution in [3.05, 3.63) is 59.9 Å². The Bertz CT molecular complexity index is 964. The van der Waals surface area contributed by atoms with Gasteiger partial charge in [-0.1, -0.05) is 63.6 Å². The zero-order valence-electron chi connectivity index (χ0n) is 18.9. The van der Waals surface area contributed by atoms with E-state index in [1.54, 1.807) is 19.2 Å². The molecule has 166 valence electrons. The summed E-state index contributed by atoms with van der Waals surface area (Å²) in [4.78, 5) is 17.3. The van der Waals surface area contributed by atoms with Crippen LogP contribution in [0.25, 0.3) is 11.0 Å².